The van der Waals surface area contributed by atoms with Gasteiger partial charge in [0.05, 0.1) is 13.0 Å². The second-order valence-corrected chi connectivity index (χ2v) is 5.17. The molecule has 2 rings (SSSR count). The van der Waals surface area contributed by atoms with Crippen LogP contribution >= 0.6 is 15.9 Å². The molecule has 1 aliphatic rings. The maximum Gasteiger partial charge on any atom is 0.321 e. The van der Waals surface area contributed by atoms with Crippen molar-refractivity contribution in [2.45, 2.75) is 0 Å². The molecule has 6 nitrogen and oxygen atoms in total. The normalized spacial score (nSPS) is 14.7. The van der Waals surface area contributed by atoms with E-state index in [-0.39, 0.29) is 19.1 Å². The number of carboxylic acids is 1. The van der Waals surface area contributed by atoms with Gasteiger partial charge in [-0.3, -0.25) is 4.79 Å². The van der Waals surface area contributed by atoms with Gasteiger partial charge in [0.2, 0.25) is 0 Å². The number of halogens is 1. The van der Waals surface area contributed by atoms with Gasteiger partial charge in [-0.05, 0) is 12.1 Å². The highest BCUT2D eigenvalue weighted by atomic mass is 79.9. The highest BCUT2D eigenvalue weighted by Gasteiger charge is 2.35. The molecular formula is C12H13BrN2O4. The van der Waals surface area contributed by atoms with Crippen LogP contribution in [0.2, 0.25) is 0 Å². The summed E-state index contributed by atoms with van der Waals surface area (Å²) in [6.45, 7) is 0.485. The van der Waals surface area contributed by atoms with Gasteiger partial charge in [0.25, 0.3) is 0 Å². The number of ether oxygens (including phenoxy) is 1. The van der Waals surface area contributed by atoms with Crippen molar-refractivity contribution in [2.75, 3.05) is 25.5 Å². The molecule has 0 bridgehead atoms. The van der Waals surface area contributed by atoms with Gasteiger partial charge in [0.15, 0.2) is 0 Å². The Morgan fingerprint density at radius 2 is 2.11 bits per heavy atom. The highest BCUT2D eigenvalue weighted by Crippen LogP contribution is 2.25. The Morgan fingerprint density at radius 3 is 2.68 bits per heavy atom. The van der Waals surface area contributed by atoms with Crippen LogP contribution in [0.15, 0.2) is 22.7 Å². The molecule has 0 aliphatic carbocycles. The first-order chi connectivity index (χ1) is 8.99. The molecule has 0 spiro atoms. The van der Waals surface area contributed by atoms with Crippen LogP contribution in [0.4, 0.5) is 10.5 Å². The summed E-state index contributed by atoms with van der Waals surface area (Å²) in [7, 11) is 1.54. The van der Waals surface area contributed by atoms with Crippen LogP contribution in [-0.4, -0.2) is 42.2 Å². The maximum absolute atomic E-state index is 11.8. The molecule has 2 N–H and O–H groups in total. The third-order valence-corrected chi connectivity index (χ3v) is 3.33. The Kier molecular flexibility index (Phi) is 3.94. The first kappa shape index (κ1) is 13.7. The third-order valence-electron chi connectivity index (χ3n) is 2.88. The van der Waals surface area contributed by atoms with Crippen molar-refractivity contribution in [3.63, 3.8) is 0 Å². The number of likely N-dealkylation sites (tertiary alicyclic amines) is 1. The summed E-state index contributed by atoms with van der Waals surface area (Å²) < 4.78 is 5.88. The summed E-state index contributed by atoms with van der Waals surface area (Å²) in [5, 5.41) is 11.4. The summed E-state index contributed by atoms with van der Waals surface area (Å²) in [5.74, 6) is -0.701. The van der Waals surface area contributed by atoms with E-state index in [9.17, 15) is 9.59 Å². The van der Waals surface area contributed by atoms with E-state index in [1.807, 2.05) is 0 Å². The Labute approximate surface area is 118 Å². The molecule has 1 heterocycles. The smallest absolute Gasteiger partial charge is 0.321 e. The Balaban J connectivity index is 1.96. The molecule has 7 heteroatoms. The van der Waals surface area contributed by atoms with Crippen LogP contribution in [0.5, 0.6) is 5.75 Å². The summed E-state index contributed by atoms with van der Waals surface area (Å²) in [6.07, 6.45) is 0. The second-order valence-electron chi connectivity index (χ2n) is 4.25. The number of aliphatic carboxylic acids is 1. The van der Waals surface area contributed by atoms with Crippen molar-refractivity contribution < 1.29 is 19.4 Å². The van der Waals surface area contributed by atoms with E-state index >= 15 is 0 Å². The average molecular weight is 329 g/mol. The van der Waals surface area contributed by atoms with E-state index in [4.69, 9.17) is 9.84 Å². The monoisotopic (exact) mass is 328 g/mol. The zero-order valence-corrected chi connectivity index (χ0v) is 11.8. The zero-order valence-electron chi connectivity index (χ0n) is 10.2. The number of nitrogens with one attached hydrogen (secondary N) is 1. The molecule has 0 atom stereocenters. The third kappa shape index (κ3) is 3.17. The van der Waals surface area contributed by atoms with E-state index in [1.165, 1.54) is 4.90 Å². The van der Waals surface area contributed by atoms with Crippen LogP contribution in [0.1, 0.15) is 0 Å². The molecule has 1 saturated heterocycles. The number of urea groups is 1. The van der Waals surface area contributed by atoms with Crippen molar-refractivity contribution in [1.82, 2.24) is 4.90 Å². The molecule has 1 aliphatic heterocycles. The quantitative estimate of drug-likeness (QED) is 0.889. The van der Waals surface area contributed by atoms with Crippen LogP contribution in [-0.2, 0) is 4.79 Å². The molecule has 1 aromatic rings. The summed E-state index contributed by atoms with van der Waals surface area (Å²) in [5.41, 5.74) is 0.593. The SMILES string of the molecule is COc1cc(Br)cc(NC(=O)N2CC(C(=O)O)C2)c1. The minimum Gasteiger partial charge on any atom is -0.497 e. The molecule has 102 valence electrons. The topological polar surface area (TPSA) is 78.9 Å². The van der Waals surface area contributed by atoms with Crippen LogP contribution < -0.4 is 10.1 Å². The molecule has 0 saturated carbocycles. The zero-order chi connectivity index (χ0) is 14.0. The first-order valence-electron chi connectivity index (χ1n) is 5.63. The fraction of sp³-hybridized carbons (Fsp3) is 0.333. The fourth-order valence-corrected chi connectivity index (χ4v) is 2.23. The lowest BCUT2D eigenvalue weighted by Crippen LogP contribution is -2.54. The van der Waals surface area contributed by atoms with E-state index in [1.54, 1.807) is 25.3 Å². The molecule has 0 radical (unpaired) electrons. The van der Waals surface area contributed by atoms with Crippen LogP contribution in [0, 0.1) is 5.92 Å². The van der Waals surface area contributed by atoms with Crippen molar-refractivity contribution in [1.29, 1.82) is 0 Å². The minimum atomic E-state index is -0.867. The molecule has 1 fully saturated rings. The van der Waals surface area contributed by atoms with Gasteiger partial charge in [-0.15, -0.1) is 0 Å². The molecular weight excluding hydrogens is 316 g/mol. The lowest BCUT2D eigenvalue weighted by atomic mass is 10.0. The van der Waals surface area contributed by atoms with E-state index in [2.05, 4.69) is 21.2 Å². The van der Waals surface area contributed by atoms with Crippen molar-refractivity contribution >= 4 is 33.6 Å². The highest BCUT2D eigenvalue weighted by molar-refractivity contribution is 9.10. The Hall–Kier alpha value is -1.76. The van der Waals surface area contributed by atoms with E-state index < -0.39 is 11.9 Å². The predicted octanol–water partition coefficient (Wildman–Crippen LogP) is 2.01. The minimum absolute atomic E-state index is 0.242. The summed E-state index contributed by atoms with van der Waals surface area (Å²) in [4.78, 5) is 23.9. The number of benzene rings is 1. The van der Waals surface area contributed by atoms with Gasteiger partial charge in [0, 0.05) is 29.3 Å². The average Bonchev–Trinajstić information content (AvgIpc) is 2.25. The number of carbonyl (C=O) groups excluding carboxylic acids is 1. The largest absolute Gasteiger partial charge is 0.497 e. The lowest BCUT2D eigenvalue weighted by Gasteiger charge is -2.36. The van der Waals surface area contributed by atoms with E-state index in [0.717, 1.165) is 4.47 Å². The number of rotatable bonds is 3. The number of methoxy groups -OCH3 is 1. The number of nitrogens with zero attached hydrogens (tertiary/aromatic N) is 1. The number of hydrogen-bond acceptors (Lipinski definition) is 3. The van der Waals surface area contributed by atoms with Gasteiger partial charge >= 0.3 is 12.0 Å². The second kappa shape index (κ2) is 5.48. The van der Waals surface area contributed by atoms with Gasteiger partial charge in [0.1, 0.15) is 5.75 Å². The van der Waals surface area contributed by atoms with Gasteiger partial charge in [-0.25, -0.2) is 4.79 Å². The number of hydrogen-bond donors (Lipinski definition) is 2. The number of carbonyl (C=O) groups is 2. The van der Waals surface area contributed by atoms with Crippen molar-refractivity contribution in [2.24, 2.45) is 5.92 Å². The Bertz CT molecular complexity index is 514. The Morgan fingerprint density at radius 1 is 1.42 bits per heavy atom. The summed E-state index contributed by atoms with van der Waals surface area (Å²) in [6, 6.07) is 4.91. The number of anilines is 1. The van der Waals surface area contributed by atoms with Crippen molar-refractivity contribution in [3.8, 4) is 5.75 Å². The lowest BCUT2D eigenvalue weighted by molar-refractivity contribution is -0.145. The molecule has 0 aromatic heterocycles. The standard InChI is InChI=1S/C12H13BrN2O4/c1-19-10-3-8(13)2-9(4-10)14-12(18)15-5-7(6-15)11(16)17/h2-4,7H,5-6H2,1H3,(H,14,18)(H,16,17). The van der Waals surface area contributed by atoms with Crippen molar-refractivity contribution in [3.05, 3.63) is 22.7 Å². The van der Waals surface area contributed by atoms with Gasteiger partial charge < -0.3 is 20.1 Å². The van der Waals surface area contributed by atoms with Gasteiger partial charge in [-0.1, -0.05) is 15.9 Å². The molecule has 1 aromatic carbocycles. The van der Waals surface area contributed by atoms with Gasteiger partial charge in [-0.2, -0.15) is 0 Å². The number of amides is 2. The first-order valence-corrected chi connectivity index (χ1v) is 6.42. The molecule has 19 heavy (non-hydrogen) atoms. The predicted molar refractivity (Wildman–Crippen MR) is 72.4 cm³/mol. The van der Waals surface area contributed by atoms with Crippen LogP contribution in [0.25, 0.3) is 0 Å². The fourth-order valence-electron chi connectivity index (χ4n) is 1.76. The maximum atomic E-state index is 11.8. The summed E-state index contributed by atoms with van der Waals surface area (Å²) >= 11 is 3.32. The van der Waals surface area contributed by atoms with Crippen LogP contribution in [0.3, 0.4) is 0 Å². The van der Waals surface area contributed by atoms with E-state index in [0.29, 0.717) is 11.4 Å². The number of carboxylic acid groups (broad SMARTS) is 1. The molecule has 2 amide bonds. The molecule has 0 unspecified atom stereocenters.